The Kier molecular flexibility index (Phi) is 5.27. The molecule has 0 aliphatic carbocycles. The molecule has 4 nitrogen and oxygen atoms in total. The Morgan fingerprint density at radius 2 is 1.96 bits per heavy atom. The molecule has 1 aliphatic heterocycles. The summed E-state index contributed by atoms with van der Waals surface area (Å²) < 4.78 is 0. The predicted molar refractivity (Wildman–Crippen MR) is 97.2 cm³/mol. The van der Waals surface area contributed by atoms with E-state index in [0.717, 1.165) is 13.0 Å². The summed E-state index contributed by atoms with van der Waals surface area (Å²) in [5.41, 5.74) is 3.15. The van der Waals surface area contributed by atoms with Crippen LogP contribution in [0.2, 0.25) is 0 Å². The van der Waals surface area contributed by atoms with Crippen molar-refractivity contribution in [2.75, 3.05) is 6.54 Å². The number of fused-ring (bicyclic) bond motifs is 1. The number of amides is 1. The Bertz CT molecular complexity index is 756. The smallest absolute Gasteiger partial charge is 0.223 e. The van der Waals surface area contributed by atoms with Gasteiger partial charge < -0.3 is 4.90 Å². The summed E-state index contributed by atoms with van der Waals surface area (Å²) in [6, 6.07) is 11.9. The minimum absolute atomic E-state index is 0.0278. The molecule has 3 rings (SSSR count). The molecule has 0 N–H and O–H groups in total. The molecule has 0 saturated heterocycles. The molecule has 1 aromatic carbocycles. The second-order valence-corrected chi connectivity index (χ2v) is 6.89. The lowest BCUT2D eigenvalue weighted by atomic mass is 9.86. The van der Waals surface area contributed by atoms with Crippen molar-refractivity contribution < 1.29 is 9.59 Å². The van der Waals surface area contributed by atoms with Gasteiger partial charge in [-0.15, -0.1) is 0 Å². The Labute approximate surface area is 148 Å². The molecule has 1 unspecified atom stereocenters. The van der Waals surface area contributed by atoms with Crippen LogP contribution in [0.4, 0.5) is 0 Å². The SMILES string of the molecule is CC(C)C1c2ccccc2CCN1C(=O)CCC(=O)c1cccnc1. The molecule has 0 spiro atoms. The first-order valence-electron chi connectivity index (χ1n) is 8.88. The molecule has 130 valence electrons. The second kappa shape index (κ2) is 7.60. The van der Waals surface area contributed by atoms with Gasteiger partial charge in [-0.2, -0.15) is 0 Å². The monoisotopic (exact) mass is 336 g/mol. The highest BCUT2D eigenvalue weighted by molar-refractivity contribution is 5.97. The number of hydrogen-bond acceptors (Lipinski definition) is 3. The van der Waals surface area contributed by atoms with Crippen LogP contribution in [0.25, 0.3) is 0 Å². The minimum atomic E-state index is -0.0278. The molecule has 1 atom stereocenters. The van der Waals surface area contributed by atoms with Crippen LogP contribution in [0.15, 0.2) is 48.8 Å². The standard InChI is InChI=1S/C21H24N2O2/c1-15(2)21-18-8-4-3-6-16(18)11-13-23(21)20(25)10-9-19(24)17-7-5-12-22-14-17/h3-8,12,14-15,21H,9-11,13H2,1-2H3. The molecule has 4 heteroatoms. The first-order valence-corrected chi connectivity index (χ1v) is 8.88. The van der Waals surface area contributed by atoms with Gasteiger partial charge in [0.25, 0.3) is 0 Å². The number of carbonyl (C=O) groups is 2. The number of pyridine rings is 1. The van der Waals surface area contributed by atoms with Gasteiger partial charge in [0.05, 0.1) is 6.04 Å². The summed E-state index contributed by atoms with van der Waals surface area (Å²) in [6.45, 7) is 5.02. The van der Waals surface area contributed by atoms with E-state index in [9.17, 15) is 9.59 Å². The highest BCUT2D eigenvalue weighted by atomic mass is 16.2. The van der Waals surface area contributed by atoms with E-state index >= 15 is 0 Å². The number of rotatable bonds is 5. The molecule has 0 radical (unpaired) electrons. The molecule has 0 saturated carbocycles. The highest BCUT2D eigenvalue weighted by Gasteiger charge is 2.32. The molecule has 1 amide bonds. The average molecular weight is 336 g/mol. The van der Waals surface area contributed by atoms with Crippen molar-refractivity contribution in [3.63, 3.8) is 0 Å². The lowest BCUT2D eigenvalue weighted by molar-refractivity contribution is -0.135. The van der Waals surface area contributed by atoms with Gasteiger partial charge in [0.15, 0.2) is 5.78 Å². The third kappa shape index (κ3) is 3.78. The predicted octanol–water partition coefficient (Wildman–Crippen LogP) is 3.83. The van der Waals surface area contributed by atoms with E-state index in [1.165, 1.54) is 11.1 Å². The van der Waals surface area contributed by atoms with Crippen LogP contribution in [0, 0.1) is 5.92 Å². The summed E-state index contributed by atoms with van der Waals surface area (Å²) in [5, 5.41) is 0. The zero-order valence-corrected chi connectivity index (χ0v) is 14.8. The lowest BCUT2D eigenvalue weighted by Crippen LogP contribution is -2.42. The molecule has 25 heavy (non-hydrogen) atoms. The fourth-order valence-corrected chi connectivity index (χ4v) is 3.63. The van der Waals surface area contributed by atoms with Crippen LogP contribution in [0.3, 0.4) is 0 Å². The lowest BCUT2D eigenvalue weighted by Gasteiger charge is -2.40. The number of Topliss-reactive ketones (excluding diaryl/α,β-unsaturated/α-hetero) is 1. The third-order valence-corrected chi connectivity index (χ3v) is 4.83. The number of aromatic nitrogens is 1. The van der Waals surface area contributed by atoms with Gasteiger partial charge in [-0.25, -0.2) is 0 Å². The van der Waals surface area contributed by atoms with Gasteiger partial charge in [-0.1, -0.05) is 38.1 Å². The van der Waals surface area contributed by atoms with Crippen molar-refractivity contribution in [3.8, 4) is 0 Å². The number of nitrogens with zero attached hydrogens (tertiary/aromatic N) is 2. The third-order valence-electron chi connectivity index (χ3n) is 4.83. The van der Waals surface area contributed by atoms with Crippen molar-refractivity contribution in [3.05, 3.63) is 65.5 Å². The van der Waals surface area contributed by atoms with E-state index < -0.39 is 0 Å². The van der Waals surface area contributed by atoms with Gasteiger partial charge in [0, 0.05) is 37.3 Å². The molecule has 0 fully saturated rings. The molecular weight excluding hydrogens is 312 g/mol. The molecule has 0 bridgehead atoms. The van der Waals surface area contributed by atoms with E-state index in [4.69, 9.17) is 0 Å². The maximum atomic E-state index is 12.8. The summed E-state index contributed by atoms with van der Waals surface area (Å²) in [7, 11) is 0. The van der Waals surface area contributed by atoms with Crippen molar-refractivity contribution in [1.82, 2.24) is 9.88 Å². The second-order valence-electron chi connectivity index (χ2n) is 6.89. The van der Waals surface area contributed by atoms with E-state index in [-0.39, 0.29) is 30.6 Å². The Balaban J connectivity index is 1.70. The summed E-state index contributed by atoms with van der Waals surface area (Å²) in [6.07, 6.45) is 4.55. The number of hydrogen-bond donors (Lipinski definition) is 0. The number of benzene rings is 1. The van der Waals surface area contributed by atoms with E-state index in [2.05, 4.69) is 37.0 Å². The largest absolute Gasteiger partial charge is 0.335 e. The Hall–Kier alpha value is -2.49. The van der Waals surface area contributed by atoms with Gasteiger partial charge in [0.2, 0.25) is 5.91 Å². The molecule has 1 aromatic heterocycles. The van der Waals surface area contributed by atoms with Gasteiger partial charge in [-0.3, -0.25) is 14.6 Å². The molecule has 2 heterocycles. The molecular formula is C21H24N2O2. The molecule has 1 aliphatic rings. The maximum absolute atomic E-state index is 12.8. The topological polar surface area (TPSA) is 50.3 Å². The van der Waals surface area contributed by atoms with Gasteiger partial charge in [0.1, 0.15) is 0 Å². The van der Waals surface area contributed by atoms with Crippen LogP contribution in [0.1, 0.15) is 54.2 Å². The summed E-state index contributed by atoms with van der Waals surface area (Å²) in [4.78, 5) is 31.0. The zero-order valence-electron chi connectivity index (χ0n) is 14.8. The Morgan fingerprint density at radius 3 is 2.68 bits per heavy atom. The van der Waals surface area contributed by atoms with Crippen molar-refractivity contribution in [2.24, 2.45) is 5.92 Å². The zero-order chi connectivity index (χ0) is 17.8. The maximum Gasteiger partial charge on any atom is 0.223 e. The van der Waals surface area contributed by atoms with Crippen LogP contribution < -0.4 is 0 Å². The van der Waals surface area contributed by atoms with E-state index in [1.54, 1.807) is 24.5 Å². The van der Waals surface area contributed by atoms with Crippen molar-refractivity contribution in [2.45, 2.75) is 39.2 Å². The van der Waals surface area contributed by atoms with Crippen molar-refractivity contribution >= 4 is 11.7 Å². The highest BCUT2D eigenvalue weighted by Crippen LogP contribution is 2.35. The average Bonchev–Trinajstić information content (AvgIpc) is 2.65. The fraction of sp³-hybridized carbons (Fsp3) is 0.381. The van der Waals surface area contributed by atoms with Crippen LogP contribution >= 0.6 is 0 Å². The quantitative estimate of drug-likeness (QED) is 0.780. The van der Waals surface area contributed by atoms with E-state index in [1.807, 2.05) is 11.0 Å². The van der Waals surface area contributed by atoms with Crippen LogP contribution in [-0.4, -0.2) is 28.1 Å². The van der Waals surface area contributed by atoms with Gasteiger partial charge >= 0.3 is 0 Å². The molecule has 2 aromatic rings. The number of carbonyl (C=O) groups excluding carboxylic acids is 2. The first kappa shape index (κ1) is 17.3. The normalized spacial score (nSPS) is 16.6. The fourth-order valence-electron chi connectivity index (χ4n) is 3.63. The first-order chi connectivity index (χ1) is 12.1. The summed E-state index contributed by atoms with van der Waals surface area (Å²) >= 11 is 0. The summed E-state index contributed by atoms with van der Waals surface area (Å²) in [5.74, 6) is 0.366. The minimum Gasteiger partial charge on any atom is -0.335 e. The van der Waals surface area contributed by atoms with E-state index in [0.29, 0.717) is 11.5 Å². The van der Waals surface area contributed by atoms with Crippen molar-refractivity contribution in [1.29, 1.82) is 0 Å². The van der Waals surface area contributed by atoms with Gasteiger partial charge in [-0.05, 0) is 35.6 Å². The van der Waals surface area contributed by atoms with Crippen LogP contribution in [0.5, 0.6) is 0 Å². The number of ketones is 1. The van der Waals surface area contributed by atoms with Crippen LogP contribution in [-0.2, 0) is 11.2 Å². The Morgan fingerprint density at radius 1 is 1.16 bits per heavy atom.